The van der Waals surface area contributed by atoms with Crippen LogP contribution in [0.1, 0.15) is 25.7 Å². The summed E-state index contributed by atoms with van der Waals surface area (Å²) < 4.78 is 37.6. The van der Waals surface area contributed by atoms with E-state index in [0.29, 0.717) is 32.4 Å². The molecule has 0 saturated carbocycles. The Morgan fingerprint density at radius 1 is 1.29 bits per heavy atom. The summed E-state index contributed by atoms with van der Waals surface area (Å²) in [6, 6.07) is -1.43. The van der Waals surface area contributed by atoms with E-state index >= 15 is 0 Å². The number of nitrogens with one attached hydrogen (secondary N) is 1. The maximum Gasteiger partial charge on any atom is 0.407 e. The first-order valence-corrected chi connectivity index (χ1v) is 5.65. The number of halogens is 3. The molecule has 0 aromatic carbocycles. The Kier molecular flexibility index (Phi) is 2.97. The summed E-state index contributed by atoms with van der Waals surface area (Å²) in [4.78, 5) is 12.0. The lowest BCUT2D eigenvalue weighted by Crippen LogP contribution is -2.54. The average molecular weight is 252 g/mol. The minimum absolute atomic E-state index is 0.0938. The summed E-state index contributed by atoms with van der Waals surface area (Å²) in [5.41, 5.74) is -0.508. The highest BCUT2D eigenvalue weighted by Gasteiger charge is 2.50. The second kappa shape index (κ2) is 4.04. The van der Waals surface area contributed by atoms with Gasteiger partial charge < -0.3 is 15.3 Å². The van der Waals surface area contributed by atoms with Crippen LogP contribution in [0.15, 0.2) is 0 Å². The molecule has 0 bridgehead atoms. The van der Waals surface area contributed by atoms with Gasteiger partial charge in [0.05, 0.1) is 0 Å². The lowest BCUT2D eigenvalue weighted by atomic mass is 9.86. The molecule has 4 nitrogen and oxygen atoms in total. The number of carbonyl (C=O) groups is 1. The van der Waals surface area contributed by atoms with Gasteiger partial charge in [-0.1, -0.05) is 0 Å². The SMILES string of the molecule is O=C(O)N1CCC2(CCC(C(F)(F)F)N2)CC1. The monoisotopic (exact) mass is 252 g/mol. The molecule has 2 aliphatic heterocycles. The summed E-state index contributed by atoms with van der Waals surface area (Å²) in [6.07, 6.45) is -3.70. The molecular formula is C10H15F3N2O2. The third-order valence-corrected chi connectivity index (χ3v) is 3.78. The van der Waals surface area contributed by atoms with Crippen LogP contribution < -0.4 is 5.32 Å². The van der Waals surface area contributed by atoms with Crippen LogP contribution >= 0.6 is 0 Å². The molecule has 0 aromatic heterocycles. The highest BCUT2D eigenvalue weighted by atomic mass is 19.4. The Morgan fingerprint density at radius 3 is 2.29 bits per heavy atom. The Hall–Kier alpha value is -0.980. The number of amides is 1. The van der Waals surface area contributed by atoms with Crippen molar-refractivity contribution in [3.05, 3.63) is 0 Å². The van der Waals surface area contributed by atoms with Crippen molar-refractivity contribution in [2.75, 3.05) is 13.1 Å². The van der Waals surface area contributed by atoms with Crippen LogP contribution in [-0.2, 0) is 0 Å². The molecule has 2 aliphatic rings. The van der Waals surface area contributed by atoms with E-state index in [9.17, 15) is 18.0 Å². The van der Waals surface area contributed by atoms with E-state index in [1.54, 1.807) is 0 Å². The molecule has 1 unspecified atom stereocenters. The molecular weight excluding hydrogens is 237 g/mol. The molecule has 1 amide bonds. The summed E-state index contributed by atoms with van der Waals surface area (Å²) in [7, 11) is 0. The summed E-state index contributed by atoms with van der Waals surface area (Å²) in [6.45, 7) is 0.625. The summed E-state index contributed by atoms with van der Waals surface area (Å²) in [5.74, 6) is 0. The Bertz CT molecular complexity index is 311. The van der Waals surface area contributed by atoms with Gasteiger partial charge in [0, 0.05) is 18.6 Å². The summed E-state index contributed by atoms with van der Waals surface area (Å²) in [5, 5.41) is 11.4. The fourth-order valence-electron chi connectivity index (χ4n) is 2.70. The number of carboxylic acid groups (broad SMARTS) is 1. The first-order valence-electron chi connectivity index (χ1n) is 5.65. The maximum atomic E-state index is 12.5. The van der Waals surface area contributed by atoms with Crippen LogP contribution in [0.5, 0.6) is 0 Å². The predicted molar refractivity (Wildman–Crippen MR) is 53.8 cm³/mol. The van der Waals surface area contributed by atoms with Crippen molar-refractivity contribution < 1.29 is 23.1 Å². The van der Waals surface area contributed by atoms with Crippen LogP contribution in [0.2, 0.25) is 0 Å². The first kappa shape index (κ1) is 12.5. The van der Waals surface area contributed by atoms with Crippen molar-refractivity contribution >= 4 is 6.09 Å². The Labute approximate surface area is 96.8 Å². The molecule has 1 atom stereocenters. The zero-order chi connectivity index (χ0) is 12.7. The molecule has 0 aliphatic carbocycles. The molecule has 2 heterocycles. The van der Waals surface area contributed by atoms with E-state index in [4.69, 9.17) is 5.11 Å². The molecule has 17 heavy (non-hydrogen) atoms. The number of likely N-dealkylation sites (tertiary alicyclic amines) is 1. The number of hydrogen-bond donors (Lipinski definition) is 2. The molecule has 2 fully saturated rings. The van der Waals surface area contributed by atoms with Gasteiger partial charge in [-0.25, -0.2) is 4.79 Å². The van der Waals surface area contributed by atoms with Gasteiger partial charge in [0.2, 0.25) is 0 Å². The molecule has 2 N–H and O–H groups in total. The van der Waals surface area contributed by atoms with Crippen LogP contribution in [0, 0.1) is 0 Å². The normalized spacial score (nSPS) is 28.6. The van der Waals surface area contributed by atoms with E-state index in [-0.39, 0.29) is 6.42 Å². The number of hydrogen-bond acceptors (Lipinski definition) is 2. The van der Waals surface area contributed by atoms with Gasteiger partial charge >= 0.3 is 12.3 Å². The Balaban J connectivity index is 1.94. The van der Waals surface area contributed by atoms with Crippen molar-refractivity contribution in [3.63, 3.8) is 0 Å². The van der Waals surface area contributed by atoms with Crippen molar-refractivity contribution in [2.24, 2.45) is 0 Å². The van der Waals surface area contributed by atoms with Gasteiger partial charge in [-0.15, -0.1) is 0 Å². The molecule has 7 heteroatoms. The van der Waals surface area contributed by atoms with Crippen LogP contribution in [0.4, 0.5) is 18.0 Å². The van der Waals surface area contributed by atoms with Gasteiger partial charge in [0.15, 0.2) is 0 Å². The smallest absolute Gasteiger partial charge is 0.407 e. The summed E-state index contributed by atoms with van der Waals surface area (Å²) >= 11 is 0. The molecule has 2 saturated heterocycles. The molecule has 98 valence electrons. The van der Waals surface area contributed by atoms with Crippen LogP contribution in [0.25, 0.3) is 0 Å². The maximum absolute atomic E-state index is 12.5. The largest absolute Gasteiger partial charge is 0.465 e. The van der Waals surface area contributed by atoms with Gasteiger partial charge in [0.1, 0.15) is 6.04 Å². The van der Waals surface area contributed by atoms with Crippen LogP contribution in [0.3, 0.4) is 0 Å². The third-order valence-electron chi connectivity index (χ3n) is 3.78. The van der Waals surface area contributed by atoms with Crippen molar-refractivity contribution in [1.82, 2.24) is 10.2 Å². The minimum Gasteiger partial charge on any atom is -0.465 e. The predicted octanol–water partition coefficient (Wildman–Crippen LogP) is 1.81. The molecule has 0 aromatic rings. The molecule has 2 rings (SSSR count). The first-order chi connectivity index (χ1) is 7.82. The quantitative estimate of drug-likeness (QED) is 0.691. The third kappa shape index (κ3) is 2.48. The van der Waals surface area contributed by atoms with Gasteiger partial charge in [0.25, 0.3) is 0 Å². The average Bonchev–Trinajstić information content (AvgIpc) is 2.62. The number of rotatable bonds is 0. The Morgan fingerprint density at radius 2 is 1.88 bits per heavy atom. The number of alkyl halides is 3. The minimum atomic E-state index is -4.20. The van der Waals surface area contributed by atoms with Crippen LogP contribution in [-0.4, -0.2) is 46.9 Å². The van der Waals surface area contributed by atoms with Crippen molar-refractivity contribution in [1.29, 1.82) is 0 Å². The number of piperidine rings is 1. The van der Waals surface area contributed by atoms with E-state index in [1.807, 2.05) is 0 Å². The standard InChI is InChI=1S/C10H15F3N2O2/c11-10(12,13)7-1-2-9(14-7)3-5-15(6-4-9)8(16)17/h7,14H,1-6H2,(H,16,17). The van der Waals surface area contributed by atoms with E-state index in [1.165, 1.54) is 4.90 Å². The van der Waals surface area contributed by atoms with Gasteiger partial charge in [-0.2, -0.15) is 13.2 Å². The van der Waals surface area contributed by atoms with E-state index in [2.05, 4.69) is 5.32 Å². The van der Waals surface area contributed by atoms with Crippen molar-refractivity contribution in [3.8, 4) is 0 Å². The zero-order valence-corrected chi connectivity index (χ0v) is 9.26. The lowest BCUT2D eigenvalue weighted by Gasteiger charge is -2.39. The fourth-order valence-corrected chi connectivity index (χ4v) is 2.70. The highest BCUT2D eigenvalue weighted by molar-refractivity contribution is 5.65. The molecule has 0 radical (unpaired) electrons. The van der Waals surface area contributed by atoms with Gasteiger partial charge in [-0.05, 0) is 25.7 Å². The second-order valence-corrected chi connectivity index (χ2v) is 4.83. The second-order valence-electron chi connectivity index (χ2n) is 4.83. The van der Waals surface area contributed by atoms with E-state index < -0.39 is 23.9 Å². The van der Waals surface area contributed by atoms with Gasteiger partial charge in [-0.3, -0.25) is 0 Å². The molecule has 1 spiro atoms. The highest BCUT2D eigenvalue weighted by Crippen LogP contribution is 2.38. The number of nitrogens with zero attached hydrogens (tertiary/aromatic N) is 1. The lowest BCUT2D eigenvalue weighted by molar-refractivity contribution is -0.154. The topological polar surface area (TPSA) is 52.6 Å². The fraction of sp³-hybridized carbons (Fsp3) is 0.900. The zero-order valence-electron chi connectivity index (χ0n) is 9.26. The van der Waals surface area contributed by atoms with Crippen molar-refractivity contribution in [2.45, 2.75) is 43.4 Å². The van der Waals surface area contributed by atoms with E-state index in [0.717, 1.165) is 0 Å².